The monoisotopic (exact) mass is 309 g/mol. The standard InChI is InChI=1S/C16H15N5O2/c1-2-20(16-14(21(22)23)15(17)18-10-19-16)13-9-5-7-11-6-3-4-8-12(11)13/h3-10H,2H2,1H3,(H2,17,18,19). The Kier molecular flexibility index (Phi) is 3.76. The van der Waals surface area contributed by atoms with Crippen LogP contribution in [0.15, 0.2) is 48.8 Å². The van der Waals surface area contributed by atoms with Gasteiger partial charge in [-0.25, -0.2) is 9.97 Å². The van der Waals surface area contributed by atoms with Crippen LogP contribution in [-0.2, 0) is 0 Å². The second-order valence-corrected chi connectivity index (χ2v) is 4.93. The molecular weight excluding hydrogens is 294 g/mol. The lowest BCUT2D eigenvalue weighted by molar-refractivity contribution is -0.383. The molecule has 0 saturated carbocycles. The van der Waals surface area contributed by atoms with Gasteiger partial charge in [0.05, 0.1) is 10.6 Å². The summed E-state index contributed by atoms with van der Waals surface area (Å²) in [5, 5.41) is 13.4. The Bertz CT molecular complexity index is 876. The number of anilines is 3. The number of nitrogens with zero attached hydrogens (tertiary/aromatic N) is 4. The molecule has 3 rings (SSSR count). The molecule has 0 aliphatic rings. The highest BCUT2D eigenvalue weighted by molar-refractivity contribution is 5.96. The lowest BCUT2D eigenvalue weighted by Gasteiger charge is -2.23. The van der Waals surface area contributed by atoms with E-state index in [1.807, 2.05) is 49.4 Å². The van der Waals surface area contributed by atoms with Crippen molar-refractivity contribution >= 4 is 33.8 Å². The van der Waals surface area contributed by atoms with E-state index in [4.69, 9.17) is 5.73 Å². The van der Waals surface area contributed by atoms with Crippen LogP contribution in [0.5, 0.6) is 0 Å². The van der Waals surface area contributed by atoms with E-state index in [-0.39, 0.29) is 17.3 Å². The number of nitrogen functional groups attached to an aromatic ring is 1. The molecule has 116 valence electrons. The third-order valence-electron chi connectivity index (χ3n) is 3.64. The van der Waals surface area contributed by atoms with Crippen molar-refractivity contribution in [1.29, 1.82) is 0 Å². The van der Waals surface area contributed by atoms with E-state index in [9.17, 15) is 10.1 Å². The second-order valence-electron chi connectivity index (χ2n) is 4.93. The third-order valence-corrected chi connectivity index (χ3v) is 3.64. The molecule has 1 aromatic heterocycles. The van der Waals surface area contributed by atoms with Crippen LogP contribution >= 0.6 is 0 Å². The first-order chi connectivity index (χ1) is 11.1. The Hall–Kier alpha value is -3.22. The number of rotatable bonds is 4. The molecule has 2 N–H and O–H groups in total. The average Bonchev–Trinajstić information content (AvgIpc) is 2.55. The van der Waals surface area contributed by atoms with Crippen LogP contribution in [0.25, 0.3) is 10.8 Å². The summed E-state index contributed by atoms with van der Waals surface area (Å²) < 4.78 is 0. The maximum absolute atomic E-state index is 11.4. The van der Waals surface area contributed by atoms with Crippen molar-refractivity contribution < 1.29 is 4.92 Å². The molecule has 0 atom stereocenters. The molecular formula is C16H15N5O2. The fourth-order valence-electron chi connectivity index (χ4n) is 2.63. The van der Waals surface area contributed by atoms with Gasteiger partial charge in [-0.3, -0.25) is 10.1 Å². The van der Waals surface area contributed by atoms with E-state index < -0.39 is 4.92 Å². The summed E-state index contributed by atoms with van der Waals surface area (Å²) in [4.78, 5) is 20.5. The Morgan fingerprint density at radius 3 is 2.65 bits per heavy atom. The maximum atomic E-state index is 11.4. The van der Waals surface area contributed by atoms with E-state index >= 15 is 0 Å². The highest BCUT2D eigenvalue weighted by Gasteiger charge is 2.26. The van der Waals surface area contributed by atoms with Crippen molar-refractivity contribution in [3.63, 3.8) is 0 Å². The van der Waals surface area contributed by atoms with Crippen LogP contribution in [0.3, 0.4) is 0 Å². The Morgan fingerprint density at radius 1 is 1.17 bits per heavy atom. The van der Waals surface area contributed by atoms with Gasteiger partial charge in [0.1, 0.15) is 6.33 Å². The van der Waals surface area contributed by atoms with Crippen LogP contribution in [-0.4, -0.2) is 21.4 Å². The average molecular weight is 309 g/mol. The van der Waals surface area contributed by atoms with Gasteiger partial charge in [0.2, 0.25) is 11.6 Å². The Morgan fingerprint density at radius 2 is 1.91 bits per heavy atom. The van der Waals surface area contributed by atoms with E-state index in [1.165, 1.54) is 6.33 Å². The van der Waals surface area contributed by atoms with Gasteiger partial charge in [-0.2, -0.15) is 0 Å². The van der Waals surface area contributed by atoms with Gasteiger partial charge in [-0.05, 0) is 18.4 Å². The quantitative estimate of drug-likeness (QED) is 0.586. The number of aromatic nitrogens is 2. The Labute approximate surface area is 132 Å². The van der Waals surface area contributed by atoms with Gasteiger partial charge >= 0.3 is 5.69 Å². The van der Waals surface area contributed by atoms with Crippen molar-refractivity contribution in [3.05, 3.63) is 58.9 Å². The predicted octanol–water partition coefficient (Wildman–Crippen LogP) is 3.28. The molecule has 23 heavy (non-hydrogen) atoms. The van der Waals surface area contributed by atoms with Crippen molar-refractivity contribution in [2.75, 3.05) is 17.2 Å². The minimum Gasteiger partial charge on any atom is -0.378 e. The van der Waals surface area contributed by atoms with Gasteiger partial charge in [0, 0.05) is 11.9 Å². The number of benzene rings is 2. The predicted molar refractivity (Wildman–Crippen MR) is 89.7 cm³/mol. The maximum Gasteiger partial charge on any atom is 0.353 e. The van der Waals surface area contributed by atoms with Crippen molar-refractivity contribution in [2.24, 2.45) is 0 Å². The normalized spacial score (nSPS) is 10.7. The highest BCUT2D eigenvalue weighted by atomic mass is 16.6. The lowest BCUT2D eigenvalue weighted by atomic mass is 10.1. The molecule has 0 saturated heterocycles. The lowest BCUT2D eigenvalue weighted by Crippen LogP contribution is -2.20. The van der Waals surface area contributed by atoms with Crippen LogP contribution in [0.4, 0.5) is 23.0 Å². The first-order valence-electron chi connectivity index (χ1n) is 7.13. The van der Waals surface area contributed by atoms with Crippen LogP contribution in [0, 0.1) is 10.1 Å². The molecule has 0 unspecified atom stereocenters. The molecule has 2 aromatic carbocycles. The summed E-state index contributed by atoms with van der Waals surface area (Å²) in [6.07, 6.45) is 1.24. The molecule has 7 heteroatoms. The zero-order valence-electron chi connectivity index (χ0n) is 12.5. The van der Waals surface area contributed by atoms with Crippen LogP contribution < -0.4 is 10.6 Å². The highest BCUT2D eigenvalue weighted by Crippen LogP contribution is 2.37. The van der Waals surface area contributed by atoms with Crippen LogP contribution in [0.1, 0.15) is 6.92 Å². The smallest absolute Gasteiger partial charge is 0.353 e. The molecule has 1 heterocycles. The van der Waals surface area contributed by atoms with Gasteiger partial charge in [-0.1, -0.05) is 36.4 Å². The molecule has 0 radical (unpaired) electrons. The fourth-order valence-corrected chi connectivity index (χ4v) is 2.63. The molecule has 0 fully saturated rings. The number of hydrogen-bond acceptors (Lipinski definition) is 6. The summed E-state index contributed by atoms with van der Waals surface area (Å²) >= 11 is 0. The molecule has 7 nitrogen and oxygen atoms in total. The molecule has 0 amide bonds. The van der Waals surface area contributed by atoms with E-state index in [1.54, 1.807) is 4.90 Å². The van der Waals surface area contributed by atoms with Crippen molar-refractivity contribution in [2.45, 2.75) is 6.92 Å². The zero-order chi connectivity index (χ0) is 16.4. The molecule has 0 aliphatic carbocycles. The van der Waals surface area contributed by atoms with Gasteiger partial charge in [-0.15, -0.1) is 0 Å². The van der Waals surface area contributed by atoms with Gasteiger partial charge in [0.15, 0.2) is 0 Å². The SMILES string of the molecule is CCN(c1ncnc(N)c1[N+](=O)[O-])c1cccc2ccccc12. The zero-order valence-corrected chi connectivity index (χ0v) is 12.5. The summed E-state index contributed by atoms with van der Waals surface area (Å²) in [6.45, 7) is 2.41. The third kappa shape index (κ3) is 2.52. The van der Waals surface area contributed by atoms with E-state index in [2.05, 4.69) is 9.97 Å². The largest absolute Gasteiger partial charge is 0.378 e. The molecule has 0 spiro atoms. The topological polar surface area (TPSA) is 98.2 Å². The summed E-state index contributed by atoms with van der Waals surface area (Å²) in [7, 11) is 0. The van der Waals surface area contributed by atoms with Crippen molar-refractivity contribution in [1.82, 2.24) is 9.97 Å². The number of nitro groups is 1. The summed E-state index contributed by atoms with van der Waals surface area (Å²) in [5.41, 5.74) is 6.25. The van der Waals surface area contributed by atoms with Gasteiger partial charge in [0.25, 0.3) is 0 Å². The Balaban J connectivity index is 2.25. The molecule has 0 bridgehead atoms. The van der Waals surface area contributed by atoms with Crippen LogP contribution in [0.2, 0.25) is 0 Å². The number of fused-ring (bicyclic) bond motifs is 1. The summed E-state index contributed by atoms with van der Waals surface area (Å²) in [5.74, 6) is 0.0556. The van der Waals surface area contributed by atoms with E-state index in [0.717, 1.165) is 16.5 Å². The fraction of sp³-hybridized carbons (Fsp3) is 0.125. The number of hydrogen-bond donors (Lipinski definition) is 1. The minimum atomic E-state index is -0.543. The number of nitrogens with two attached hydrogens (primary N) is 1. The molecule has 0 aliphatic heterocycles. The first-order valence-corrected chi connectivity index (χ1v) is 7.13. The van der Waals surface area contributed by atoms with E-state index in [0.29, 0.717) is 6.54 Å². The van der Waals surface area contributed by atoms with Gasteiger partial charge < -0.3 is 10.6 Å². The molecule has 3 aromatic rings. The summed E-state index contributed by atoms with van der Waals surface area (Å²) in [6, 6.07) is 13.7. The second kappa shape index (κ2) is 5.88. The first kappa shape index (κ1) is 14.7. The van der Waals surface area contributed by atoms with Crippen molar-refractivity contribution in [3.8, 4) is 0 Å². The minimum absolute atomic E-state index is 0.140.